The van der Waals surface area contributed by atoms with Crippen molar-refractivity contribution >= 4 is 40.3 Å². The minimum atomic E-state index is -4.56. The number of nitrogens with zero attached hydrogens (tertiary/aromatic N) is 2. The number of alkyl halides is 3. The van der Waals surface area contributed by atoms with Gasteiger partial charge < -0.3 is 5.32 Å². The summed E-state index contributed by atoms with van der Waals surface area (Å²) in [5.74, 6) is -0.512. The molecule has 6 nitrogen and oxygen atoms in total. The number of carbonyl (C=O) groups excluding carboxylic acids is 1. The van der Waals surface area contributed by atoms with Crippen molar-refractivity contribution in [1.82, 2.24) is 5.32 Å². The largest absolute Gasteiger partial charge is 0.418 e. The van der Waals surface area contributed by atoms with Crippen molar-refractivity contribution in [2.75, 3.05) is 0 Å². The van der Waals surface area contributed by atoms with E-state index in [0.717, 1.165) is 17.8 Å². The molecule has 2 aromatic rings. The van der Waals surface area contributed by atoms with Crippen LogP contribution in [0.15, 0.2) is 58.4 Å². The molecule has 1 amide bonds. The van der Waals surface area contributed by atoms with Crippen LogP contribution in [0.5, 0.6) is 0 Å². The summed E-state index contributed by atoms with van der Waals surface area (Å²) in [4.78, 5) is 26.2. The molecule has 1 saturated heterocycles. The molecule has 138 valence electrons. The first-order chi connectivity index (χ1) is 12.7. The van der Waals surface area contributed by atoms with E-state index in [0.29, 0.717) is 5.56 Å². The molecule has 0 radical (unpaired) electrons. The Morgan fingerprint density at radius 3 is 2.41 bits per heavy atom. The van der Waals surface area contributed by atoms with Gasteiger partial charge in [-0.3, -0.25) is 14.9 Å². The summed E-state index contributed by atoms with van der Waals surface area (Å²) in [7, 11) is 0. The fraction of sp³-hybridized carbons (Fsp3) is 0.0588. The zero-order valence-electron chi connectivity index (χ0n) is 13.4. The lowest BCUT2D eigenvalue weighted by Gasteiger charge is -2.09. The highest BCUT2D eigenvalue weighted by molar-refractivity contribution is 8.18. The van der Waals surface area contributed by atoms with E-state index < -0.39 is 22.6 Å². The Morgan fingerprint density at radius 1 is 1.11 bits per heavy atom. The van der Waals surface area contributed by atoms with Crippen molar-refractivity contribution in [1.29, 1.82) is 0 Å². The molecule has 1 aliphatic rings. The third kappa shape index (κ3) is 4.34. The van der Waals surface area contributed by atoms with Gasteiger partial charge in [0, 0.05) is 12.1 Å². The quantitative estimate of drug-likeness (QED) is 0.473. The number of hydrogen-bond acceptors (Lipinski definition) is 5. The van der Waals surface area contributed by atoms with Crippen LogP contribution in [0.1, 0.15) is 11.1 Å². The predicted octanol–water partition coefficient (Wildman–Crippen LogP) is 4.51. The van der Waals surface area contributed by atoms with Crippen molar-refractivity contribution in [2.45, 2.75) is 6.18 Å². The molecule has 0 aliphatic carbocycles. The van der Waals surface area contributed by atoms with E-state index in [9.17, 15) is 28.1 Å². The fourth-order valence-electron chi connectivity index (χ4n) is 2.24. The van der Waals surface area contributed by atoms with Gasteiger partial charge >= 0.3 is 6.18 Å². The Bertz CT molecular complexity index is 969. The van der Waals surface area contributed by atoms with Gasteiger partial charge in [0.2, 0.25) is 0 Å². The maximum atomic E-state index is 13.0. The standard InChI is InChI=1S/C17H10F3N3O3S/c18-17(19,20)12-3-1-2-4-13(12)21-16-22-15(24)14(27-16)9-10-5-7-11(8-6-10)23(25)26/h1-9H,(H,21,22,24)/b14-9+. The van der Waals surface area contributed by atoms with Gasteiger partial charge in [0.1, 0.15) is 0 Å². The number of amides is 1. The number of rotatable bonds is 3. The van der Waals surface area contributed by atoms with Crippen molar-refractivity contribution in [3.05, 3.63) is 74.7 Å². The number of aliphatic imine (C=N–C) groups is 1. The molecule has 0 aromatic heterocycles. The van der Waals surface area contributed by atoms with Gasteiger partial charge in [-0.1, -0.05) is 12.1 Å². The molecule has 0 saturated carbocycles. The smallest absolute Gasteiger partial charge is 0.300 e. The molecule has 2 aromatic carbocycles. The van der Waals surface area contributed by atoms with Crippen molar-refractivity contribution in [2.24, 2.45) is 4.99 Å². The summed E-state index contributed by atoms with van der Waals surface area (Å²) in [6, 6.07) is 10.3. The second kappa shape index (κ2) is 7.23. The number of non-ortho nitro benzene ring substituents is 1. The zero-order chi connectivity index (χ0) is 19.6. The highest BCUT2D eigenvalue weighted by Gasteiger charge is 2.34. The number of carbonyl (C=O) groups is 1. The molecule has 1 heterocycles. The molecule has 1 fully saturated rings. The molecule has 10 heteroatoms. The second-order valence-corrected chi connectivity index (χ2v) is 6.38. The first-order valence-electron chi connectivity index (χ1n) is 7.44. The van der Waals surface area contributed by atoms with Gasteiger partial charge in [0.25, 0.3) is 11.6 Å². The normalized spacial score (nSPS) is 17.4. The predicted molar refractivity (Wildman–Crippen MR) is 95.3 cm³/mol. The highest BCUT2D eigenvalue weighted by Crippen LogP contribution is 2.37. The lowest BCUT2D eigenvalue weighted by Crippen LogP contribution is -2.19. The molecular weight excluding hydrogens is 383 g/mol. The van der Waals surface area contributed by atoms with E-state index in [1.165, 1.54) is 48.5 Å². The summed E-state index contributed by atoms with van der Waals surface area (Å²) in [6.45, 7) is 0. The maximum Gasteiger partial charge on any atom is 0.418 e. The first kappa shape index (κ1) is 18.6. The summed E-state index contributed by atoms with van der Waals surface area (Å²) >= 11 is 0.888. The van der Waals surface area contributed by atoms with Crippen LogP contribution in [0.25, 0.3) is 6.08 Å². The van der Waals surface area contributed by atoms with E-state index in [2.05, 4.69) is 10.3 Å². The monoisotopic (exact) mass is 393 g/mol. The Labute approximate surface area is 154 Å². The van der Waals surface area contributed by atoms with Crippen LogP contribution in [0, 0.1) is 10.1 Å². The minimum Gasteiger partial charge on any atom is -0.300 e. The van der Waals surface area contributed by atoms with Gasteiger partial charge in [0.05, 0.1) is 21.1 Å². The van der Waals surface area contributed by atoms with Gasteiger partial charge in [-0.25, -0.2) is 4.99 Å². The number of nitrogens with one attached hydrogen (secondary N) is 1. The van der Waals surface area contributed by atoms with Crippen LogP contribution in [0.3, 0.4) is 0 Å². The minimum absolute atomic E-state index is 0.0184. The second-order valence-electron chi connectivity index (χ2n) is 5.35. The number of halogens is 3. The Morgan fingerprint density at radius 2 is 1.78 bits per heavy atom. The van der Waals surface area contributed by atoms with E-state index in [4.69, 9.17) is 0 Å². The molecule has 0 unspecified atom stereocenters. The fourth-order valence-corrected chi connectivity index (χ4v) is 3.08. The van der Waals surface area contributed by atoms with E-state index in [-0.39, 0.29) is 21.4 Å². The van der Waals surface area contributed by atoms with Crippen LogP contribution >= 0.6 is 11.8 Å². The van der Waals surface area contributed by atoms with Gasteiger partial charge in [-0.15, -0.1) is 0 Å². The summed E-state index contributed by atoms with van der Waals surface area (Å²) in [6.07, 6.45) is -3.09. The number of benzene rings is 2. The number of nitro benzene ring substituents is 1. The molecule has 1 aliphatic heterocycles. The van der Waals surface area contributed by atoms with Crippen molar-refractivity contribution in [3.8, 4) is 0 Å². The Balaban J connectivity index is 1.86. The number of para-hydroxylation sites is 1. The lowest BCUT2D eigenvalue weighted by molar-refractivity contribution is -0.384. The number of hydrogen-bond donors (Lipinski definition) is 1. The summed E-state index contributed by atoms with van der Waals surface area (Å²) < 4.78 is 39.1. The third-order valence-corrected chi connectivity index (χ3v) is 4.39. The van der Waals surface area contributed by atoms with Crippen LogP contribution in [0.2, 0.25) is 0 Å². The van der Waals surface area contributed by atoms with Crippen LogP contribution in [-0.2, 0) is 11.0 Å². The van der Waals surface area contributed by atoms with Crippen LogP contribution in [-0.4, -0.2) is 16.0 Å². The van der Waals surface area contributed by atoms with Crippen LogP contribution in [0.4, 0.5) is 24.5 Å². The Hall–Kier alpha value is -3.14. The van der Waals surface area contributed by atoms with Crippen molar-refractivity contribution < 1.29 is 22.9 Å². The molecule has 0 bridgehead atoms. The average molecular weight is 393 g/mol. The third-order valence-electron chi connectivity index (χ3n) is 3.48. The lowest BCUT2D eigenvalue weighted by atomic mass is 10.2. The topological polar surface area (TPSA) is 84.6 Å². The summed E-state index contributed by atoms with van der Waals surface area (Å²) in [5, 5.41) is 13.1. The van der Waals surface area contributed by atoms with E-state index >= 15 is 0 Å². The van der Waals surface area contributed by atoms with Gasteiger partial charge in [0.15, 0.2) is 5.17 Å². The molecular formula is C17H10F3N3O3S. The highest BCUT2D eigenvalue weighted by atomic mass is 32.2. The SMILES string of the molecule is O=C1NC(=Nc2ccccc2C(F)(F)F)S/C1=C/c1ccc([N+](=O)[O-])cc1. The summed E-state index contributed by atoms with van der Waals surface area (Å²) in [5.41, 5.74) is -0.758. The average Bonchev–Trinajstić information content (AvgIpc) is 2.94. The molecule has 1 N–H and O–H groups in total. The molecule has 3 rings (SSSR count). The number of nitro groups is 1. The number of amidine groups is 1. The zero-order valence-corrected chi connectivity index (χ0v) is 14.2. The van der Waals surface area contributed by atoms with E-state index in [1.54, 1.807) is 0 Å². The van der Waals surface area contributed by atoms with Crippen LogP contribution < -0.4 is 5.32 Å². The van der Waals surface area contributed by atoms with Crippen molar-refractivity contribution in [3.63, 3.8) is 0 Å². The molecule has 0 atom stereocenters. The van der Waals surface area contributed by atoms with Gasteiger partial charge in [-0.2, -0.15) is 13.2 Å². The molecule has 27 heavy (non-hydrogen) atoms. The Kier molecular flexibility index (Phi) is 5.00. The maximum absolute atomic E-state index is 13.0. The first-order valence-corrected chi connectivity index (χ1v) is 8.26. The van der Waals surface area contributed by atoms with E-state index in [1.807, 2.05) is 0 Å². The number of thioether (sulfide) groups is 1. The van der Waals surface area contributed by atoms with Gasteiger partial charge in [-0.05, 0) is 47.7 Å². The molecule has 0 spiro atoms.